The molecule has 0 spiro atoms. The lowest BCUT2D eigenvalue weighted by molar-refractivity contribution is -0.126. The number of ether oxygens (including phenoxy) is 1. The molecule has 4 rings (SSSR count). The Balaban J connectivity index is 1.39. The normalized spacial score (nSPS) is 15.1. The van der Waals surface area contributed by atoms with E-state index in [-0.39, 0.29) is 23.1 Å². The minimum atomic E-state index is -0.271. The zero-order valence-corrected chi connectivity index (χ0v) is 20.3. The summed E-state index contributed by atoms with van der Waals surface area (Å²) in [5, 5.41) is 6.00. The lowest BCUT2D eigenvalue weighted by Crippen LogP contribution is -2.37. The van der Waals surface area contributed by atoms with Crippen molar-refractivity contribution in [2.45, 2.75) is 46.1 Å². The van der Waals surface area contributed by atoms with Gasteiger partial charge in [0.25, 0.3) is 5.91 Å². The number of carbonyl (C=O) groups excluding carboxylic acids is 2. The van der Waals surface area contributed by atoms with E-state index < -0.39 is 0 Å². The second kappa shape index (κ2) is 9.72. The van der Waals surface area contributed by atoms with Crippen LogP contribution in [0.2, 0.25) is 0 Å². The first-order chi connectivity index (χ1) is 16.2. The lowest BCUT2D eigenvalue weighted by atomic mass is 9.86. The van der Waals surface area contributed by atoms with E-state index in [4.69, 9.17) is 4.74 Å². The van der Waals surface area contributed by atoms with Crippen LogP contribution in [0.25, 0.3) is 0 Å². The van der Waals surface area contributed by atoms with E-state index in [2.05, 4.69) is 31.4 Å². The van der Waals surface area contributed by atoms with Gasteiger partial charge in [-0.2, -0.15) is 0 Å². The largest absolute Gasteiger partial charge is 0.492 e. The summed E-state index contributed by atoms with van der Waals surface area (Å²) in [5.41, 5.74) is 5.69. The third-order valence-corrected chi connectivity index (χ3v) is 6.32. The molecule has 3 aromatic carbocycles. The lowest BCUT2D eigenvalue weighted by Gasteiger charge is -2.25. The monoisotopic (exact) mass is 456 g/mol. The molecule has 0 saturated heterocycles. The number of hydrogen-bond donors (Lipinski definition) is 2. The van der Waals surface area contributed by atoms with Gasteiger partial charge < -0.3 is 15.4 Å². The summed E-state index contributed by atoms with van der Waals surface area (Å²) < 4.78 is 5.85. The number of nitrogens with one attached hydrogen (secondary N) is 2. The maximum absolute atomic E-state index is 12.8. The molecule has 0 aliphatic carbocycles. The van der Waals surface area contributed by atoms with E-state index in [0.717, 1.165) is 22.4 Å². The van der Waals surface area contributed by atoms with E-state index in [1.165, 1.54) is 5.56 Å². The van der Waals surface area contributed by atoms with E-state index in [1.54, 1.807) is 0 Å². The minimum absolute atomic E-state index is 0.0257. The topological polar surface area (TPSA) is 67.4 Å². The van der Waals surface area contributed by atoms with Gasteiger partial charge in [-0.25, -0.2) is 0 Å². The molecule has 2 amide bonds. The number of benzene rings is 3. The van der Waals surface area contributed by atoms with Gasteiger partial charge in [0.15, 0.2) is 0 Å². The van der Waals surface area contributed by atoms with E-state index >= 15 is 0 Å². The summed E-state index contributed by atoms with van der Waals surface area (Å²) >= 11 is 0. The Morgan fingerprint density at radius 2 is 1.74 bits per heavy atom. The predicted molar refractivity (Wildman–Crippen MR) is 135 cm³/mol. The van der Waals surface area contributed by atoms with Crippen LogP contribution in [0.4, 0.5) is 5.69 Å². The van der Waals surface area contributed by atoms with E-state index in [0.29, 0.717) is 30.8 Å². The predicted octanol–water partition coefficient (Wildman–Crippen LogP) is 5.41. The fourth-order valence-corrected chi connectivity index (χ4v) is 4.10. The number of carbonyl (C=O) groups is 2. The maximum atomic E-state index is 12.8. The molecule has 0 saturated carbocycles. The Morgan fingerprint density at radius 3 is 2.44 bits per heavy atom. The number of fused-ring (bicyclic) bond motifs is 1. The third kappa shape index (κ3) is 5.48. The van der Waals surface area contributed by atoms with Crippen molar-refractivity contribution >= 4 is 17.5 Å². The molecule has 1 aliphatic heterocycles. The molecule has 176 valence electrons. The van der Waals surface area contributed by atoms with Crippen molar-refractivity contribution in [1.82, 2.24) is 5.32 Å². The molecular weight excluding hydrogens is 424 g/mol. The van der Waals surface area contributed by atoms with E-state index in [9.17, 15) is 9.59 Å². The first kappa shape index (κ1) is 23.6. The number of anilines is 1. The first-order valence-electron chi connectivity index (χ1n) is 11.7. The van der Waals surface area contributed by atoms with Gasteiger partial charge in [-0.15, -0.1) is 0 Å². The zero-order chi connectivity index (χ0) is 24.3. The molecule has 3 aromatic rings. The van der Waals surface area contributed by atoms with Crippen molar-refractivity contribution in [3.63, 3.8) is 0 Å². The molecule has 1 heterocycles. The molecule has 5 nitrogen and oxygen atoms in total. The van der Waals surface area contributed by atoms with Crippen LogP contribution in [0.5, 0.6) is 5.75 Å². The smallest absolute Gasteiger partial charge is 0.255 e. The highest BCUT2D eigenvalue weighted by Gasteiger charge is 2.26. The second-order valence-electron chi connectivity index (χ2n) is 9.96. The summed E-state index contributed by atoms with van der Waals surface area (Å²) in [6.07, 6.45) is 0.568. The molecule has 1 atom stereocenters. The van der Waals surface area contributed by atoms with Crippen molar-refractivity contribution in [1.29, 1.82) is 0 Å². The van der Waals surface area contributed by atoms with Gasteiger partial charge >= 0.3 is 0 Å². The number of aryl methyl sites for hydroxylation is 1. The molecule has 0 bridgehead atoms. The average Bonchev–Trinajstić information content (AvgIpc) is 2.82. The molecular formula is C29H32N2O3. The van der Waals surface area contributed by atoms with Crippen molar-refractivity contribution in [2.24, 2.45) is 5.92 Å². The molecule has 1 unspecified atom stereocenters. The summed E-state index contributed by atoms with van der Waals surface area (Å²) in [7, 11) is 0. The molecule has 0 fully saturated rings. The van der Waals surface area contributed by atoms with Crippen LogP contribution in [0, 0.1) is 12.8 Å². The fourth-order valence-electron chi connectivity index (χ4n) is 4.10. The highest BCUT2D eigenvalue weighted by molar-refractivity contribution is 6.04. The van der Waals surface area contributed by atoms with Crippen LogP contribution in [0.15, 0.2) is 66.7 Å². The molecule has 5 heteroatoms. The number of hydrogen-bond acceptors (Lipinski definition) is 3. The van der Waals surface area contributed by atoms with Gasteiger partial charge in [0, 0.05) is 17.8 Å². The molecule has 1 aliphatic rings. The van der Waals surface area contributed by atoms with Crippen molar-refractivity contribution in [3.8, 4) is 5.75 Å². The number of amides is 2. The van der Waals surface area contributed by atoms with Crippen LogP contribution in [-0.4, -0.2) is 18.4 Å². The van der Waals surface area contributed by atoms with Crippen molar-refractivity contribution in [2.75, 3.05) is 11.9 Å². The Morgan fingerprint density at radius 1 is 1.00 bits per heavy atom. The standard InChI is InChI=1S/C29H32N2O3/c1-19-7-5-6-8-21(19)17-30-27(32)23-15-22-16-25(13-14-26(22)34-18-23)31-28(33)20-9-11-24(12-10-20)29(2,3)4/h5-14,16,23H,15,17-18H2,1-4H3,(H,30,32)(H,31,33). The summed E-state index contributed by atoms with van der Waals surface area (Å²) in [6, 6.07) is 21.3. The Bertz CT molecular complexity index is 1190. The van der Waals surface area contributed by atoms with Crippen LogP contribution in [-0.2, 0) is 23.2 Å². The molecule has 0 aromatic heterocycles. The zero-order valence-electron chi connectivity index (χ0n) is 20.3. The molecule has 0 radical (unpaired) electrons. The Labute approximate surface area is 201 Å². The van der Waals surface area contributed by atoms with Crippen LogP contribution in [0.1, 0.15) is 53.4 Å². The molecule has 34 heavy (non-hydrogen) atoms. The van der Waals surface area contributed by atoms with Gasteiger partial charge in [-0.3, -0.25) is 9.59 Å². The van der Waals surface area contributed by atoms with Crippen molar-refractivity contribution in [3.05, 3.63) is 94.5 Å². The summed E-state index contributed by atoms with van der Waals surface area (Å²) in [4.78, 5) is 25.5. The Kier molecular flexibility index (Phi) is 6.73. The van der Waals surface area contributed by atoms with Crippen LogP contribution in [0.3, 0.4) is 0 Å². The van der Waals surface area contributed by atoms with E-state index in [1.807, 2.05) is 73.7 Å². The van der Waals surface area contributed by atoms with Crippen LogP contribution >= 0.6 is 0 Å². The summed E-state index contributed by atoms with van der Waals surface area (Å²) in [6.45, 7) is 9.32. The average molecular weight is 457 g/mol. The molecule has 2 N–H and O–H groups in total. The second-order valence-corrected chi connectivity index (χ2v) is 9.96. The number of rotatable bonds is 5. The quantitative estimate of drug-likeness (QED) is 0.539. The van der Waals surface area contributed by atoms with Gasteiger partial charge in [-0.05, 0) is 71.3 Å². The van der Waals surface area contributed by atoms with Gasteiger partial charge in [0.05, 0.1) is 5.92 Å². The van der Waals surface area contributed by atoms with Crippen molar-refractivity contribution < 1.29 is 14.3 Å². The highest BCUT2D eigenvalue weighted by atomic mass is 16.5. The maximum Gasteiger partial charge on any atom is 0.255 e. The highest BCUT2D eigenvalue weighted by Crippen LogP contribution is 2.30. The Hall–Kier alpha value is -3.60. The van der Waals surface area contributed by atoms with Gasteiger partial charge in [0.1, 0.15) is 12.4 Å². The van der Waals surface area contributed by atoms with Gasteiger partial charge in [0.2, 0.25) is 5.91 Å². The minimum Gasteiger partial charge on any atom is -0.492 e. The first-order valence-corrected chi connectivity index (χ1v) is 11.7. The third-order valence-electron chi connectivity index (χ3n) is 6.32. The SMILES string of the molecule is Cc1ccccc1CNC(=O)C1COc2ccc(NC(=O)c3ccc(C(C)(C)C)cc3)cc2C1. The summed E-state index contributed by atoms with van der Waals surface area (Å²) in [5.74, 6) is 0.301. The fraction of sp³-hybridized carbons (Fsp3) is 0.310. The van der Waals surface area contributed by atoms with Gasteiger partial charge in [-0.1, -0.05) is 57.2 Å². The van der Waals surface area contributed by atoms with Crippen LogP contribution < -0.4 is 15.4 Å².